The number of aromatic nitrogens is 1. The van der Waals surface area contributed by atoms with Gasteiger partial charge in [0.2, 0.25) is 0 Å². The predicted octanol–water partition coefficient (Wildman–Crippen LogP) is 3.56. The molecule has 1 aromatic heterocycles. The normalized spacial score (nSPS) is 12.6. The van der Waals surface area contributed by atoms with E-state index >= 15 is 0 Å². The van der Waals surface area contributed by atoms with E-state index in [1.807, 2.05) is 54.8 Å². The van der Waals surface area contributed by atoms with Crippen molar-refractivity contribution >= 4 is 0 Å². The summed E-state index contributed by atoms with van der Waals surface area (Å²) in [5.41, 5.74) is 10.2. The molecule has 22 heavy (non-hydrogen) atoms. The Morgan fingerprint density at radius 3 is 2.27 bits per heavy atom. The fraction of sp³-hybridized carbons (Fsp3) is 0.421. The van der Waals surface area contributed by atoms with Gasteiger partial charge in [-0.15, -0.1) is 0 Å². The summed E-state index contributed by atoms with van der Waals surface area (Å²) in [7, 11) is 0. The maximum atomic E-state index is 12.8. The van der Waals surface area contributed by atoms with Crippen LogP contribution in [0.4, 0.5) is 0 Å². The lowest BCUT2D eigenvalue weighted by atomic mass is 9.99. The molecular formula is C19H26N2O. The summed E-state index contributed by atoms with van der Waals surface area (Å²) in [6.07, 6.45) is 0.990. The van der Waals surface area contributed by atoms with E-state index < -0.39 is 0 Å². The Morgan fingerprint density at radius 2 is 1.68 bits per heavy atom. The average molecular weight is 298 g/mol. The number of hydrogen-bond acceptors (Lipinski definition) is 2. The quantitative estimate of drug-likeness (QED) is 0.917. The van der Waals surface area contributed by atoms with Crippen molar-refractivity contribution in [1.29, 1.82) is 0 Å². The maximum Gasteiger partial charge on any atom is 0.255 e. The minimum Gasteiger partial charge on any atom is -0.320 e. The molecule has 2 rings (SSSR count). The molecule has 3 heteroatoms. The van der Waals surface area contributed by atoms with Gasteiger partial charge >= 0.3 is 0 Å². The Labute approximate surface area is 132 Å². The van der Waals surface area contributed by atoms with Crippen LogP contribution in [-0.2, 0) is 6.54 Å². The second-order valence-electron chi connectivity index (χ2n) is 6.46. The Kier molecular flexibility index (Phi) is 5.19. The first-order valence-electron chi connectivity index (χ1n) is 7.92. The average Bonchev–Trinajstić information content (AvgIpc) is 2.47. The van der Waals surface area contributed by atoms with Crippen LogP contribution in [0.5, 0.6) is 0 Å². The number of nitrogens with two attached hydrogens (primary N) is 1. The highest BCUT2D eigenvalue weighted by molar-refractivity contribution is 5.32. The topological polar surface area (TPSA) is 48.0 Å². The Balaban J connectivity index is 2.37. The molecule has 0 aliphatic heterocycles. The molecule has 1 heterocycles. The molecule has 2 aromatic rings. The van der Waals surface area contributed by atoms with Crippen molar-refractivity contribution in [1.82, 2.24) is 4.57 Å². The predicted molar refractivity (Wildman–Crippen MR) is 92.1 cm³/mol. The van der Waals surface area contributed by atoms with Gasteiger partial charge in [0.1, 0.15) is 0 Å². The van der Waals surface area contributed by atoms with Gasteiger partial charge in [0.05, 0.1) is 6.04 Å². The molecule has 0 spiro atoms. The molecule has 2 N–H and O–H groups in total. The third-order valence-corrected chi connectivity index (χ3v) is 4.12. The van der Waals surface area contributed by atoms with Crippen LogP contribution in [0, 0.1) is 19.8 Å². The minimum absolute atomic E-state index is 0.0359. The molecule has 0 aliphatic rings. The summed E-state index contributed by atoms with van der Waals surface area (Å²) in [5, 5.41) is 0. The SMILES string of the molecule is Cc1ccc(C(N)c2ccc(C)n(CCC(C)C)c2=O)cc1. The van der Waals surface area contributed by atoms with E-state index in [1.165, 1.54) is 5.56 Å². The molecule has 0 fully saturated rings. The highest BCUT2D eigenvalue weighted by atomic mass is 16.1. The van der Waals surface area contributed by atoms with Gasteiger partial charge in [-0.25, -0.2) is 0 Å². The standard InChI is InChI=1S/C19H26N2O/c1-13(2)11-12-21-15(4)7-10-17(19(21)22)18(20)16-8-5-14(3)6-9-16/h5-10,13,18H,11-12,20H2,1-4H3. The first-order valence-corrected chi connectivity index (χ1v) is 7.92. The van der Waals surface area contributed by atoms with Crippen LogP contribution in [-0.4, -0.2) is 4.57 Å². The van der Waals surface area contributed by atoms with Crippen molar-refractivity contribution in [3.63, 3.8) is 0 Å². The molecular weight excluding hydrogens is 272 g/mol. The Bertz CT molecular complexity index is 684. The molecule has 1 unspecified atom stereocenters. The number of rotatable bonds is 5. The van der Waals surface area contributed by atoms with E-state index in [-0.39, 0.29) is 11.6 Å². The monoisotopic (exact) mass is 298 g/mol. The molecule has 0 radical (unpaired) electrons. The van der Waals surface area contributed by atoms with Gasteiger partial charge in [-0.3, -0.25) is 4.79 Å². The van der Waals surface area contributed by atoms with E-state index in [2.05, 4.69) is 13.8 Å². The summed E-state index contributed by atoms with van der Waals surface area (Å²) in [6, 6.07) is 11.5. The number of benzene rings is 1. The molecule has 1 atom stereocenters. The van der Waals surface area contributed by atoms with Crippen molar-refractivity contribution in [2.75, 3.05) is 0 Å². The van der Waals surface area contributed by atoms with Crippen molar-refractivity contribution in [3.8, 4) is 0 Å². The fourth-order valence-corrected chi connectivity index (χ4v) is 2.54. The largest absolute Gasteiger partial charge is 0.320 e. The molecule has 0 saturated carbocycles. The molecule has 0 amide bonds. The first-order chi connectivity index (χ1) is 10.4. The lowest BCUT2D eigenvalue weighted by Crippen LogP contribution is -2.30. The van der Waals surface area contributed by atoms with Crippen LogP contribution in [0.2, 0.25) is 0 Å². The smallest absolute Gasteiger partial charge is 0.255 e. The molecule has 3 nitrogen and oxygen atoms in total. The highest BCUT2D eigenvalue weighted by Crippen LogP contribution is 2.18. The van der Waals surface area contributed by atoms with Gasteiger partial charge in [-0.1, -0.05) is 43.7 Å². The molecule has 0 saturated heterocycles. The fourth-order valence-electron chi connectivity index (χ4n) is 2.54. The van der Waals surface area contributed by atoms with Gasteiger partial charge in [-0.2, -0.15) is 0 Å². The van der Waals surface area contributed by atoms with E-state index in [1.54, 1.807) is 0 Å². The second kappa shape index (κ2) is 6.93. The van der Waals surface area contributed by atoms with Crippen LogP contribution < -0.4 is 11.3 Å². The van der Waals surface area contributed by atoms with Gasteiger partial charge in [0, 0.05) is 17.8 Å². The zero-order valence-corrected chi connectivity index (χ0v) is 14.0. The summed E-state index contributed by atoms with van der Waals surface area (Å²) in [5.74, 6) is 0.570. The van der Waals surface area contributed by atoms with Gasteiger partial charge in [0.25, 0.3) is 5.56 Å². The van der Waals surface area contributed by atoms with Crippen LogP contribution in [0.3, 0.4) is 0 Å². The molecule has 1 aromatic carbocycles. The third-order valence-electron chi connectivity index (χ3n) is 4.12. The number of aryl methyl sites for hydroxylation is 2. The Morgan fingerprint density at radius 1 is 1.05 bits per heavy atom. The zero-order chi connectivity index (χ0) is 16.3. The van der Waals surface area contributed by atoms with Gasteiger partial charge < -0.3 is 10.3 Å². The number of nitrogens with zero attached hydrogens (tertiary/aromatic N) is 1. The second-order valence-corrected chi connectivity index (χ2v) is 6.46. The van der Waals surface area contributed by atoms with E-state index in [4.69, 9.17) is 5.73 Å². The number of hydrogen-bond donors (Lipinski definition) is 1. The van der Waals surface area contributed by atoms with Gasteiger partial charge in [-0.05, 0) is 43.9 Å². The van der Waals surface area contributed by atoms with Crippen LogP contribution in [0.1, 0.15) is 48.7 Å². The van der Waals surface area contributed by atoms with Crippen molar-refractivity contribution in [2.24, 2.45) is 11.7 Å². The minimum atomic E-state index is -0.376. The lowest BCUT2D eigenvalue weighted by molar-refractivity contribution is 0.499. The third kappa shape index (κ3) is 3.66. The van der Waals surface area contributed by atoms with Crippen LogP contribution in [0.15, 0.2) is 41.2 Å². The molecule has 118 valence electrons. The summed E-state index contributed by atoms with van der Waals surface area (Å²) >= 11 is 0. The Hall–Kier alpha value is -1.87. The summed E-state index contributed by atoms with van der Waals surface area (Å²) < 4.78 is 1.85. The van der Waals surface area contributed by atoms with E-state index in [0.29, 0.717) is 11.5 Å². The van der Waals surface area contributed by atoms with E-state index in [9.17, 15) is 4.79 Å². The van der Waals surface area contributed by atoms with Gasteiger partial charge in [0.15, 0.2) is 0 Å². The maximum absolute atomic E-state index is 12.8. The summed E-state index contributed by atoms with van der Waals surface area (Å²) in [6.45, 7) is 9.10. The van der Waals surface area contributed by atoms with Crippen molar-refractivity contribution in [3.05, 3.63) is 69.1 Å². The van der Waals surface area contributed by atoms with Crippen molar-refractivity contribution in [2.45, 2.75) is 46.7 Å². The molecule has 0 aliphatic carbocycles. The number of pyridine rings is 1. The van der Waals surface area contributed by atoms with Crippen molar-refractivity contribution < 1.29 is 0 Å². The van der Waals surface area contributed by atoms with Crippen LogP contribution in [0.25, 0.3) is 0 Å². The highest BCUT2D eigenvalue weighted by Gasteiger charge is 2.15. The van der Waals surface area contributed by atoms with E-state index in [0.717, 1.165) is 24.2 Å². The zero-order valence-electron chi connectivity index (χ0n) is 14.0. The lowest BCUT2D eigenvalue weighted by Gasteiger charge is -2.17. The molecule has 0 bridgehead atoms. The first kappa shape index (κ1) is 16.5. The van der Waals surface area contributed by atoms with Crippen LogP contribution >= 0.6 is 0 Å². The summed E-state index contributed by atoms with van der Waals surface area (Å²) in [4.78, 5) is 12.8.